The van der Waals surface area contributed by atoms with Gasteiger partial charge in [0.15, 0.2) is 0 Å². The van der Waals surface area contributed by atoms with Crippen molar-refractivity contribution in [3.63, 3.8) is 0 Å². The van der Waals surface area contributed by atoms with E-state index in [0.29, 0.717) is 17.8 Å². The molecule has 0 bridgehead atoms. The van der Waals surface area contributed by atoms with Gasteiger partial charge in [-0.05, 0) is 38.0 Å². The minimum absolute atomic E-state index is 0.169. The number of hydrogen-bond acceptors (Lipinski definition) is 4. The fraction of sp³-hybridized carbons (Fsp3) is 0.391. The quantitative estimate of drug-likeness (QED) is 0.587. The third-order valence-electron chi connectivity index (χ3n) is 5.08. The summed E-state index contributed by atoms with van der Waals surface area (Å²) in [5, 5.41) is 2.73. The highest BCUT2D eigenvalue weighted by Gasteiger charge is 2.30. The molecule has 0 heterocycles. The first kappa shape index (κ1) is 25.3. The van der Waals surface area contributed by atoms with E-state index in [9.17, 15) is 22.4 Å². The molecule has 0 saturated carbocycles. The van der Waals surface area contributed by atoms with Gasteiger partial charge in [-0.3, -0.25) is 13.9 Å². The van der Waals surface area contributed by atoms with Crippen molar-refractivity contribution < 1.29 is 22.4 Å². The van der Waals surface area contributed by atoms with Crippen LogP contribution in [-0.4, -0.2) is 50.5 Å². The summed E-state index contributed by atoms with van der Waals surface area (Å²) in [4.78, 5) is 27.1. The third kappa shape index (κ3) is 6.53. The number of nitrogens with one attached hydrogen (secondary N) is 1. The highest BCUT2D eigenvalue weighted by Crippen LogP contribution is 2.23. The van der Waals surface area contributed by atoms with Gasteiger partial charge in [0.25, 0.3) is 0 Å². The van der Waals surface area contributed by atoms with E-state index in [2.05, 4.69) is 5.32 Å². The number of amides is 2. The van der Waals surface area contributed by atoms with Crippen LogP contribution >= 0.6 is 0 Å². The van der Waals surface area contributed by atoms with Crippen molar-refractivity contribution in [3.8, 4) is 0 Å². The van der Waals surface area contributed by atoms with E-state index >= 15 is 0 Å². The Labute approximate surface area is 189 Å². The predicted octanol–water partition coefficient (Wildman–Crippen LogP) is 2.84. The number of nitrogens with zero attached hydrogens (tertiary/aromatic N) is 2. The van der Waals surface area contributed by atoms with Gasteiger partial charge >= 0.3 is 0 Å². The first-order valence-electron chi connectivity index (χ1n) is 10.4. The van der Waals surface area contributed by atoms with Crippen LogP contribution < -0.4 is 9.62 Å². The van der Waals surface area contributed by atoms with Crippen molar-refractivity contribution in [2.24, 2.45) is 0 Å². The van der Waals surface area contributed by atoms with E-state index < -0.39 is 40.2 Å². The van der Waals surface area contributed by atoms with Gasteiger partial charge in [0.1, 0.15) is 18.4 Å². The van der Waals surface area contributed by atoms with E-state index in [-0.39, 0.29) is 12.1 Å². The van der Waals surface area contributed by atoms with Crippen LogP contribution in [0.3, 0.4) is 0 Å². The number of carbonyl (C=O) groups is 2. The van der Waals surface area contributed by atoms with Crippen LogP contribution in [0, 0.1) is 12.7 Å². The fourth-order valence-electron chi connectivity index (χ4n) is 3.23. The zero-order chi connectivity index (χ0) is 23.9. The molecule has 0 fully saturated rings. The molecule has 0 aliphatic rings. The topological polar surface area (TPSA) is 86.8 Å². The summed E-state index contributed by atoms with van der Waals surface area (Å²) in [6, 6.07) is 11.9. The number of rotatable bonds is 10. The van der Waals surface area contributed by atoms with Crippen LogP contribution in [0.25, 0.3) is 0 Å². The number of benzene rings is 2. The molecule has 0 aliphatic carbocycles. The summed E-state index contributed by atoms with van der Waals surface area (Å²) >= 11 is 0. The SMILES string of the molecule is CCCNC(=O)[C@@H](C)N(Cc1ccccc1F)C(=O)CN(c1ccccc1C)S(C)(=O)=O. The second-order valence-corrected chi connectivity index (χ2v) is 9.54. The predicted molar refractivity (Wildman–Crippen MR) is 123 cm³/mol. The molecule has 1 atom stereocenters. The molecule has 0 saturated heterocycles. The summed E-state index contributed by atoms with van der Waals surface area (Å²) in [7, 11) is -3.80. The van der Waals surface area contributed by atoms with Crippen LogP contribution in [0.5, 0.6) is 0 Å². The number of aryl methyl sites for hydroxylation is 1. The molecule has 2 amide bonds. The average Bonchev–Trinajstić information content (AvgIpc) is 2.74. The van der Waals surface area contributed by atoms with Crippen LogP contribution in [0.4, 0.5) is 10.1 Å². The third-order valence-corrected chi connectivity index (χ3v) is 6.20. The van der Waals surface area contributed by atoms with Crippen LogP contribution in [0.2, 0.25) is 0 Å². The number of para-hydroxylation sites is 1. The Balaban J connectivity index is 2.40. The Bertz CT molecular complexity index is 1060. The average molecular weight is 464 g/mol. The standard InChI is InChI=1S/C23H30FN3O4S/c1-5-14-25-23(29)18(3)26(15-19-11-7-8-12-20(19)24)22(28)16-27(32(4,30)31)21-13-9-6-10-17(21)2/h6-13,18H,5,14-16H2,1-4H3,(H,25,29)/t18-/m1/s1. The van der Waals surface area contributed by atoms with Crippen molar-refractivity contribution in [1.29, 1.82) is 0 Å². The molecule has 0 aliphatic heterocycles. The summed E-state index contributed by atoms with van der Waals surface area (Å²) in [5.41, 5.74) is 1.29. The van der Waals surface area contributed by atoms with E-state index in [0.717, 1.165) is 17.0 Å². The molecule has 7 nitrogen and oxygen atoms in total. The Morgan fingerprint density at radius 1 is 1.09 bits per heavy atom. The number of sulfonamides is 1. The Hall–Kier alpha value is -2.94. The molecule has 2 aromatic carbocycles. The van der Waals surface area contributed by atoms with Crippen molar-refractivity contribution in [2.45, 2.75) is 39.8 Å². The van der Waals surface area contributed by atoms with Crippen molar-refractivity contribution in [3.05, 3.63) is 65.5 Å². The number of hydrogen-bond donors (Lipinski definition) is 1. The van der Waals surface area contributed by atoms with E-state index in [1.807, 2.05) is 6.92 Å². The molecule has 2 rings (SSSR count). The van der Waals surface area contributed by atoms with Crippen LogP contribution in [-0.2, 0) is 26.2 Å². The van der Waals surface area contributed by atoms with Gasteiger partial charge in [-0.1, -0.05) is 43.3 Å². The number of carbonyl (C=O) groups excluding carboxylic acids is 2. The minimum Gasteiger partial charge on any atom is -0.354 e. The van der Waals surface area contributed by atoms with E-state index in [4.69, 9.17) is 0 Å². The van der Waals surface area contributed by atoms with Gasteiger partial charge in [0, 0.05) is 18.7 Å². The van der Waals surface area contributed by atoms with Gasteiger partial charge in [0.2, 0.25) is 21.8 Å². The van der Waals surface area contributed by atoms with Crippen molar-refractivity contribution in [2.75, 3.05) is 23.7 Å². The second-order valence-electron chi connectivity index (χ2n) is 7.64. The smallest absolute Gasteiger partial charge is 0.244 e. The van der Waals surface area contributed by atoms with E-state index in [1.165, 1.54) is 23.1 Å². The molecule has 32 heavy (non-hydrogen) atoms. The maximum atomic E-state index is 14.3. The minimum atomic E-state index is -3.80. The van der Waals surface area contributed by atoms with E-state index in [1.54, 1.807) is 44.2 Å². The molecular weight excluding hydrogens is 433 g/mol. The number of anilines is 1. The summed E-state index contributed by atoms with van der Waals surface area (Å²) in [6.45, 7) is 4.95. The maximum absolute atomic E-state index is 14.3. The lowest BCUT2D eigenvalue weighted by atomic mass is 10.1. The molecule has 9 heteroatoms. The molecule has 0 radical (unpaired) electrons. The molecule has 0 aromatic heterocycles. The molecule has 1 N–H and O–H groups in total. The maximum Gasteiger partial charge on any atom is 0.244 e. The first-order valence-corrected chi connectivity index (χ1v) is 12.2. The summed E-state index contributed by atoms with van der Waals surface area (Å²) < 4.78 is 40.3. The van der Waals surface area contributed by atoms with Crippen LogP contribution in [0.15, 0.2) is 48.5 Å². The van der Waals surface area contributed by atoms with Crippen LogP contribution in [0.1, 0.15) is 31.4 Å². The molecule has 174 valence electrons. The first-order chi connectivity index (χ1) is 15.1. The fourth-order valence-corrected chi connectivity index (χ4v) is 4.13. The molecule has 0 spiro atoms. The lowest BCUT2D eigenvalue weighted by Crippen LogP contribution is -2.51. The normalized spacial score (nSPS) is 12.2. The molecule has 0 unspecified atom stereocenters. The van der Waals surface area contributed by atoms with Gasteiger partial charge < -0.3 is 10.2 Å². The van der Waals surface area contributed by atoms with Gasteiger partial charge in [-0.25, -0.2) is 12.8 Å². The summed E-state index contributed by atoms with van der Waals surface area (Å²) in [5.74, 6) is -1.51. The molecular formula is C23H30FN3O4S. The monoisotopic (exact) mass is 463 g/mol. The lowest BCUT2D eigenvalue weighted by molar-refractivity contribution is -0.139. The zero-order valence-corrected chi connectivity index (χ0v) is 19.7. The molecule has 2 aromatic rings. The number of halogens is 1. The largest absolute Gasteiger partial charge is 0.354 e. The van der Waals surface area contributed by atoms with Crippen molar-refractivity contribution >= 4 is 27.5 Å². The highest BCUT2D eigenvalue weighted by atomic mass is 32.2. The Morgan fingerprint density at radius 2 is 1.72 bits per heavy atom. The van der Waals surface area contributed by atoms with Gasteiger partial charge in [0.05, 0.1) is 11.9 Å². The lowest BCUT2D eigenvalue weighted by Gasteiger charge is -2.32. The highest BCUT2D eigenvalue weighted by molar-refractivity contribution is 7.92. The Kier molecular flexibility index (Phi) is 8.77. The Morgan fingerprint density at radius 3 is 2.31 bits per heavy atom. The second kappa shape index (κ2) is 11.1. The van der Waals surface area contributed by atoms with Gasteiger partial charge in [-0.2, -0.15) is 0 Å². The van der Waals surface area contributed by atoms with Gasteiger partial charge in [-0.15, -0.1) is 0 Å². The zero-order valence-electron chi connectivity index (χ0n) is 18.8. The summed E-state index contributed by atoms with van der Waals surface area (Å²) in [6.07, 6.45) is 1.74. The van der Waals surface area contributed by atoms with Crippen molar-refractivity contribution in [1.82, 2.24) is 10.2 Å².